The number of sulfonamides is 1. The maximum Gasteiger partial charge on any atom is 0.330 e. The number of benzene rings is 2. The first-order valence-electron chi connectivity index (χ1n) is 9.35. The maximum atomic E-state index is 12.0. The molecule has 3 rings (SSSR count). The predicted molar refractivity (Wildman–Crippen MR) is 133 cm³/mol. The molecular formula is C21H25IN3O4S2+. The first-order chi connectivity index (χ1) is 14.6. The van der Waals surface area contributed by atoms with Crippen molar-refractivity contribution in [2.24, 2.45) is 0 Å². The standard InChI is InChI=1S/C21H24IN3O4S2/c1-25(31(4,26)27)15-7-10-18(29-3)14(11-15)12-17(19-20(22)30-21(23)24-19)13-5-8-16(28-2)9-6-13/h5-11,17H,12H2,1-4H3,(H2,23,24)/p+1. The molecule has 0 saturated heterocycles. The summed E-state index contributed by atoms with van der Waals surface area (Å²) in [4.78, 5) is 3.30. The third-order valence-electron chi connectivity index (χ3n) is 5.08. The number of hydrogen-bond donors (Lipinski definition) is 1. The number of halogens is 1. The third-order valence-corrected chi connectivity index (χ3v) is 8.25. The topological polar surface area (TPSA) is 96.0 Å². The van der Waals surface area contributed by atoms with Gasteiger partial charge in [0.25, 0.3) is 0 Å². The highest BCUT2D eigenvalue weighted by molar-refractivity contribution is 14.1. The van der Waals surface area contributed by atoms with Gasteiger partial charge in [-0.3, -0.25) is 10.0 Å². The Morgan fingerprint density at radius 1 is 1.16 bits per heavy atom. The smallest absolute Gasteiger partial charge is 0.330 e. The second-order valence-corrected chi connectivity index (χ2v) is 11.9. The Labute approximate surface area is 200 Å². The van der Waals surface area contributed by atoms with Crippen LogP contribution in [0, 0.1) is 2.88 Å². The molecule has 166 valence electrons. The molecule has 0 spiro atoms. The molecule has 1 atom stereocenters. The molecule has 0 amide bonds. The van der Waals surface area contributed by atoms with Crippen LogP contribution in [0.5, 0.6) is 11.5 Å². The Morgan fingerprint density at radius 3 is 2.35 bits per heavy atom. The number of hydrogen-bond acceptors (Lipinski definition) is 6. The number of aromatic nitrogens is 1. The van der Waals surface area contributed by atoms with Crippen molar-refractivity contribution in [3.8, 4) is 11.5 Å². The highest BCUT2D eigenvalue weighted by Crippen LogP contribution is 2.36. The summed E-state index contributed by atoms with van der Waals surface area (Å²) in [5.41, 5.74) is 9.61. The number of methoxy groups -OCH3 is 2. The Kier molecular flexibility index (Phi) is 7.32. The van der Waals surface area contributed by atoms with E-state index in [9.17, 15) is 8.42 Å². The number of nitrogens with two attached hydrogens (primary N) is 1. The zero-order valence-corrected chi connectivity index (χ0v) is 21.5. The van der Waals surface area contributed by atoms with E-state index in [4.69, 9.17) is 15.2 Å². The lowest BCUT2D eigenvalue weighted by atomic mass is 9.89. The van der Waals surface area contributed by atoms with Gasteiger partial charge in [-0.05, 0) is 81.8 Å². The molecular weight excluding hydrogens is 549 g/mol. The minimum Gasteiger partial charge on any atom is -0.497 e. The molecule has 3 aromatic rings. The minimum atomic E-state index is -3.38. The van der Waals surface area contributed by atoms with Crippen molar-refractivity contribution in [1.82, 2.24) is 0 Å². The lowest BCUT2D eigenvalue weighted by Crippen LogP contribution is -2.25. The largest absolute Gasteiger partial charge is 0.497 e. The number of nitrogens with zero attached hydrogens (tertiary/aromatic N) is 1. The van der Waals surface area contributed by atoms with E-state index < -0.39 is 10.0 Å². The van der Waals surface area contributed by atoms with Crippen LogP contribution in [0.2, 0.25) is 0 Å². The van der Waals surface area contributed by atoms with Gasteiger partial charge in [-0.1, -0.05) is 12.1 Å². The summed E-state index contributed by atoms with van der Waals surface area (Å²) in [6.45, 7) is 0. The van der Waals surface area contributed by atoms with Crippen molar-refractivity contribution in [1.29, 1.82) is 0 Å². The van der Waals surface area contributed by atoms with E-state index in [1.165, 1.54) is 28.9 Å². The fourth-order valence-corrected chi connectivity index (χ4v) is 5.71. The van der Waals surface area contributed by atoms with Crippen LogP contribution in [-0.4, -0.2) is 35.9 Å². The second-order valence-electron chi connectivity index (χ2n) is 7.04. The van der Waals surface area contributed by atoms with Crippen LogP contribution in [0.1, 0.15) is 22.7 Å². The highest BCUT2D eigenvalue weighted by atomic mass is 127. The van der Waals surface area contributed by atoms with E-state index in [1.807, 2.05) is 30.3 Å². The number of aromatic amines is 1. The van der Waals surface area contributed by atoms with Gasteiger partial charge in [0.15, 0.2) is 0 Å². The van der Waals surface area contributed by atoms with Gasteiger partial charge in [0.2, 0.25) is 10.0 Å². The molecule has 2 aromatic carbocycles. The zero-order valence-electron chi connectivity index (χ0n) is 17.7. The normalized spacial score (nSPS) is 12.4. The molecule has 10 heteroatoms. The van der Waals surface area contributed by atoms with E-state index in [1.54, 1.807) is 26.4 Å². The van der Waals surface area contributed by atoms with Crippen molar-refractivity contribution in [3.63, 3.8) is 0 Å². The lowest BCUT2D eigenvalue weighted by molar-refractivity contribution is -0.369. The number of rotatable bonds is 8. The zero-order chi connectivity index (χ0) is 22.8. The fraction of sp³-hybridized carbons (Fsp3) is 0.286. The summed E-state index contributed by atoms with van der Waals surface area (Å²) in [5, 5.41) is 0.635. The van der Waals surface area contributed by atoms with Crippen LogP contribution in [0.25, 0.3) is 0 Å². The molecule has 0 aliphatic heterocycles. The summed E-state index contributed by atoms with van der Waals surface area (Å²) in [7, 11) is 1.41. The molecule has 0 saturated carbocycles. The SMILES string of the molecule is COc1ccc(C(Cc2cc(N(C)S(C)(=O)=O)ccc2OC)c2[nH+]c(N)sc2I)cc1. The van der Waals surface area contributed by atoms with E-state index in [-0.39, 0.29) is 5.92 Å². The molecule has 0 aliphatic rings. The number of H-pyrrole nitrogens is 1. The summed E-state index contributed by atoms with van der Waals surface area (Å²) in [5.74, 6) is 1.43. The van der Waals surface area contributed by atoms with Crippen molar-refractivity contribution >= 4 is 54.8 Å². The second kappa shape index (κ2) is 9.61. The highest BCUT2D eigenvalue weighted by Gasteiger charge is 2.26. The van der Waals surface area contributed by atoms with Crippen molar-refractivity contribution in [2.45, 2.75) is 12.3 Å². The van der Waals surface area contributed by atoms with Crippen molar-refractivity contribution < 1.29 is 22.9 Å². The number of ether oxygens (including phenoxy) is 2. The third kappa shape index (κ3) is 5.42. The van der Waals surface area contributed by atoms with E-state index in [2.05, 4.69) is 27.6 Å². The Bertz CT molecular complexity index is 1160. The van der Waals surface area contributed by atoms with E-state index in [0.717, 1.165) is 25.5 Å². The Hall–Kier alpha value is -2.05. The van der Waals surface area contributed by atoms with Crippen molar-refractivity contribution in [3.05, 3.63) is 62.2 Å². The van der Waals surface area contributed by atoms with Gasteiger partial charge in [-0.2, -0.15) is 0 Å². The van der Waals surface area contributed by atoms with E-state index in [0.29, 0.717) is 23.0 Å². The average molecular weight is 574 g/mol. The van der Waals surface area contributed by atoms with Crippen LogP contribution in [0.4, 0.5) is 10.8 Å². The fourth-order valence-electron chi connectivity index (χ4n) is 3.34. The quantitative estimate of drug-likeness (QED) is 0.416. The van der Waals surface area contributed by atoms with Gasteiger partial charge in [0, 0.05) is 7.05 Å². The molecule has 0 radical (unpaired) electrons. The lowest BCUT2D eigenvalue weighted by Gasteiger charge is -2.21. The molecule has 3 N–H and O–H groups in total. The number of nitrogen functional groups attached to an aromatic ring is 1. The molecule has 0 aliphatic carbocycles. The van der Waals surface area contributed by atoms with Gasteiger partial charge in [0.05, 0.1) is 32.1 Å². The molecule has 1 heterocycles. The van der Waals surface area contributed by atoms with Gasteiger partial charge in [0.1, 0.15) is 20.1 Å². The van der Waals surface area contributed by atoms with Crippen molar-refractivity contribution in [2.75, 3.05) is 37.6 Å². The van der Waals surface area contributed by atoms with Crippen LogP contribution in [0.15, 0.2) is 42.5 Å². The summed E-state index contributed by atoms with van der Waals surface area (Å²) in [6, 6.07) is 13.3. The van der Waals surface area contributed by atoms with Crippen LogP contribution in [0.3, 0.4) is 0 Å². The molecule has 0 bridgehead atoms. The summed E-state index contributed by atoms with van der Waals surface area (Å²) in [6.07, 6.45) is 1.77. The first-order valence-corrected chi connectivity index (χ1v) is 13.1. The molecule has 1 aromatic heterocycles. The van der Waals surface area contributed by atoms with Gasteiger partial charge in [-0.15, -0.1) is 0 Å². The monoisotopic (exact) mass is 574 g/mol. The maximum absolute atomic E-state index is 12.0. The number of anilines is 2. The number of nitrogens with one attached hydrogen (secondary N) is 1. The molecule has 0 fully saturated rings. The summed E-state index contributed by atoms with van der Waals surface area (Å²) < 4.78 is 37.3. The van der Waals surface area contributed by atoms with Gasteiger partial charge < -0.3 is 9.47 Å². The predicted octanol–water partition coefficient (Wildman–Crippen LogP) is 3.54. The molecule has 31 heavy (non-hydrogen) atoms. The van der Waals surface area contributed by atoms with Crippen LogP contribution in [-0.2, 0) is 16.4 Å². The Balaban J connectivity index is 2.09. The average Bonchev–Trinajstić information content (AvgIpc) is 3.08. The minimum absolute atomic E-state index is 0.0426. The molecule has 1 unspecified atom stereocenters. The van der Waals surface area contributed by atoms with E-state index >= 15 is 0 Å². The first kappa shape index (κ1) is 23.6. The van der Waals surface area contributed by atoms with Crippen LogP contribution >= 0.6 is 33.9 Å². The summed E-state index contributed by atoms with van der Waals surface area (Å²) >= 11 is 3.79. The van der Waals surface area contributed by atoms with Crippen LogP contribution < -0.4 is 24.5 Å². The van der Waals surface area contributed by atoms with Gasteiger partial charge >= 0.3 is 5.13 Å². The Morgan fingerprint density at radius 2 is 1.84 bits per heavy atom. The molecule has 7 nitrogen and oxygen atoms in total. The number of thiazole rings is 1. The van der Waals surface area contributed by atoms with Gasteiger partial charge in [-0.25, -0.2) is 13.4 Å².